The Kier molecular flexibility index (Phi) is 3.83. The van der Waals surface area contributed by atoms with E-state index in [-0.39, 0.29) is 0 Å². The molecule has 0 aliphatic rings. The van der Waals surface area contributed by atoms with E-state index in [0.717, 1.165) is 0 Å². The molecule has 0 atom stereocenters. The van der Waals surface area contributed by atoms with Gasteiger partial charge in [0.1, 0.15) is 17.2 Å². The summed E-state index contributed by atoms with van der Waals surface area (Å²) in [4.78, 5) is 10.9. The molecule has 5 nitrogen and oxygen atoms in total. The van der Waals surface area contributed by atoms with E-state index in [1.807, 2.05) is 0 Å². The second-order valence-electron chi connectivity index (χ2n) is 3.97. The van der Waals surface area contributed by atoms with Crippen LogP contribution in [0.3, 0.4) is 0 Å². The molecule has 17 heavy (non-hydrogen) atoms. The Morgan fingerprint density at radius 2 is 1.47 bits per heavy atom. The smallest absolute Gasteiger partial charge is 0.347 e. The van der Waals surface area contributed by atoms with Crippen molar-refractivity contribution in [3.63, 3.8) is 0 Å². The monoisotopic (exact) mass is 240 g/mol. The van der Waals surface area contributed by atoms with Gasteiger partial charge in [0, 0.05) is 18.2 Å². The van der Waals surface area contributed by atoms with Gasteiger partial charge >= 0.3 is 5.97 Å². The lowest BCUT2D eigenvalue weighted by Crippen LogP contribution is -2.37. The number of carboxylic acid groups (broad SMARTS) is 1. The van der Waals surface area contributed by atoms with Crippen molar-refractivity contribution in [2.24, 2.45) is 0 Å². The van der Waals surface area contributed by atoms with E-state index in [4.69, 9.17) is 19.3 Å². The molecular weight excluding hydrogens is 224 g/mol. The predicted octanol–water partition coefficient (Wildman–Crippen LogP) is 1.95. The first kappa shape index (κ1) is 13.2. The molecule has 1 aromatic carbocycles. The van der Waals surface area contributed by atoms with Gasteiger partial charge in [0.05, 0.1) is 14.2 Å². The van der Waals surface area contributed by atoms with Crippen LogP contribution in [0.2, 0.25) is 0 Å². The van der Waals surface area contributed by atoms with Crippen LogP contribution in [0.4, 0.5) is 0 Å². The molecule has 1 N–H and O–H groups in total. The molecule has 1 aromatic rings. The third-order valence-electron chi connectivity index (χ3n) is 2.21. The van der Waals surface area contributed by atoms with Crippen LogP contribution < -0.4 is 14.2 Å². The number of hydrogen-bond donors (Lipinski definition) is 1. The zero-order valence-corrected chi connectivity index (χ0v) is 10.3. The fourth-order valence-electron chi connectivity index (χ4n) is 1.18. The highest BCUT2D eigenvalue weighted by Gasteiger charge is 2.29. The second kappa shape index (κ2) is 4.95. The van der Waals surface area contributed by atoms with E-state index < -0.39 is 11.6 Å². The normalized spacial score (nSPS) is 10.8. The number of carbonyl (C=O) groups is 1. The van der Waals surface area contributed by atoms with Crippen molar-refractivity contribution in [3.8, 4) is 17.2 Å². The van der Waals surface area contributed by atoms with Crippen molar-refractivity contribution in [3.05, 3.63) is 18.2 Å². The fourth-order valence-corrected chi connectivity index (χ4v) is 1.18. The Hall–Kier alpha value is -1.91. The maximum Gasteiger partial charge on any atom is 0.347 e. The molecule has 94 valence electrons. The number of rotatable bonds is 5. The maximum absolute atomic E-state index is 10.9. The number of methoxy groups -OCH3 is 2. The summed E-state index contributed by atoms with van der Waals surface area (Å²) < 4.78 is 15.5. The molecule has 0 aliphatic heterocycles. The van der Waals surface area contributed by atoms with Crippen molar-refractivity contribution in [2.75, 3.05) is 14.2 Å². The lowest BCUT2D eigenvalue weighted by molar-refractivity contribution is -0.152. The summed E-state index contributed by atoms with van der Waals surface area (Å²) in [7, 11) is 3.03. The first-order chi connectivity index (χ1) is 7.89. The molecule has 5 heteroatoms. The summed E-state index contributed by atoms with van der Waals surface area (Å²) in [6, 6.07) is 4.89. The van der Waals surface area contributed by atoms with E-state index in [9.17, 15) is 4.79 Å². The van der Waals surface area contributed by atoms with Gasteiger partial charge in [0.15, 0.2) is 5.60 Å². The number of benzene rings is 1. The molecule has 0 saturated heterocycles. The van der Waals surface area contributed by atoms with Gasteiger partial charge in [-0.05, 0) is 13.8 Å². The molecule has 0 fully saturated rings. The predicted molar refractivity (Wildman–Crippen MR) is 61.9 cm³/mol. The average molecular weight is 240 g/mol. The van der Waals surface area contributed by atoms with E-state index in [0.29, 0.717) is 17.2 Å². The highest BCUT2D eigenvalue weighted by Crippen LogP contribution is 2.29. The molecule has 0 radical (unpaired) electrons. The van der Waals surface area contributed by atoms with E-state index in [1.54, 1.807) is 18.2 Å². The molecule has 0 heterocycles. The Morgan fingerprint density at radius 1 is 1.06 bits per heavy atom. The Balaban J connectivity index is 3.02. The molecule has 0 spiro atoms. The summed E-state index contributed by atoms with van der Waals surface area (Å²) in [6.45, 7) is 2.95. The lowest BCUT2D eigenvalue weighted by Gasteiger charge is -2.22. The van der Waals surface area contributed by atoms with Crippen LogP contribution in [0, 0.1) is 0 Å². The third-order valence-corrected chi connectivity index (χ3v) is 2.21. The molecule has 0 saturated carbocycles. The van der Waals surface area contributed by atoms with Gasteiger partial charge in [-0.1, -0.05) is 0 Å². The molecule has 0 bridgehead atoms. The van der Waals surface area contributed by atoms with Gasteiger partial charge < -0.3 is 19.3 Å². The largest absolute Gasteiger partial charge is 0.496 e. The Morgan fingerprint density at radius 3 is 1.82 bits per heavy atom. The molecule has 0 amide bonds. The van der Waals surface area contributed by atoms with Gasteiger partial charge in [-0.3, -0.25) is 0 Å². The van der Waals surface area contributed by atoms with Crippen LogP contribution in [-0.2, 0) is 4.79 Å². The minimum Gasteiger partial charge on any atom is -0.496 e. The molecule has 0 unspecified atom stereocenters. The number of hydrogen-bond acceptors (Lipinski definition) is 4. The lowest BCUT2D eigenvalue weighted by atomic mass is 10.1. The highest BCUT2D eigenvalue weighted by atomic mass is 16.5. The zero-order chi connectivity index (χ0) is 13.1. The van der Waals surface area contributed by atoms with Gasteiger partial charge in [-0.15, -0.1) is 0 Å². The summed E-state index contributed by atoms with van der Waals surface area (Å²) in [5.41, 5.74) is -1.31. The van der Waals surface area contributed by atoms with Crippen LogP contribution >= 0.6 is 0 Å². The first-order valence-corrected chi connectivity index (χ1v) is 5.04. The van der Waals surface area contributed by atoms with Gasteiger partial charge in [-0.25, -0.2) is 4.79 Å². The van der Waals surface area contributed by atoms with Crippen LogP contribution in [-0.4, -0.2) is 30.9 Å². The van der Waals surface area contributed by atoms with Crippen molar-refractivity contribution in [1.29, 1.82) is 0 Å². The highest BCUT2D eigenvalue weighted by molar-refractivity contribution is 5.76. The van der Waals surface area contributed by atoms with E-state index >= 15 is 0 Å². The Bertz CT molecular complexity index is 389. The SMILES string of the molecule is COc1cc(OC)cc(OC(C)(C)C(=O)O)c1. The summed E-state index contributed by atoms with van der Waals surface area (Å²) in [6.07, 6.45) is 0. The van der Waals surface area contributed by atoms with E-state index in [2.05, 4.69) is 0 Å². The van der Waals surface area contributed by atoms with Crippen LogP contribution in [0.1, 0.15) is 13.8 Å². The van der Waals surface area contributed by atoms with Crippen molar-refractivity contribution in [1.82, 2.24) is 0 Å². The first-order valence-electron chi connectivity index (χ1n) is 5.04. The summed E-state index contributed by atoms with van der Waals surface area (Å²) >= 11 is 0. The topological polar surface area (TPSA) is 65.0 Å². The quantitative estimate of drug-likeness (QED) is 0.852. The van der Waals surface area contributed by atoms with Crippen molar-refractivity contribution >= 4 is 5.97 Å². The third kappa shape index (κ3) is 3.27. The van der Waals surface area contributed by atoms with Crippen LogP contribution in [0.5, 0.6) is 17.2 Å². The molecular formula is C12H16O5. The standard InChI is InChI=1S/C12H16O5/c1-12(2,11(13)14)17-10-6-8(15-3)5-9(7-10)16-4/h5-7H,1-4H3,(H,13,14). The molecule has 0 aromatic heterocycles. The summed E-state index contributed by atoms with van der Waals surface area (Å²) in [5.74, 6) is 0.425. The maximum atomic E-state index is 10.9. The second-order valence-corrected chi connectivity index (χ2v) is 3.97. The van der Waals surface area contributed by atoms with Crippen LogP contribution in [0.25, 0.3) is 0 Å². The van der Waals surface area contributed by atoms with Gasteiger partial charge in [0.2, 0.25) is 0 Å². The minimum absolute atomic E-state index is 0.383. The van der Waals surface area contributed by atoms with Crippen LogP contribution in [0.15, 0.2) is 18.2 Å². The van der Waals surface area contributed by atoms with Crippen molar-refractivity contribution < 1.29 is 24.1 Å². The van der Waals surface area contributed by atoms with Gasteiger partial charge in [-0.2, -0.15) is 0 Å². The Labute approximate surface area is 99.9 Å². The number of carboxylic acids is 1. The summed E-state index contributed by atoms with van der Waals surface area (Å²) in [5, 5.41) is 8.97. The molecule has 0 aliphatic carbocycles. The van der Waals surface area contributed by atoms with Crippen molar-refractivity contribution in [2.45, 2.75) is 19.4 Å². The average Bonchev–Trinajstić information content (AvgIpc) is 2.27. The number of aliphatic carboxylic acids is 1. The van der Waals surface area contributed by atoms with Gasteiger partial charge in [0.25, 0.3) is 0 Å². The zero-order valence-electron chi connectivity index (χ0n) is 10.3. The minimum atomic E-state index is -1.31. The molecule has 1 rings (SSSR count). The number of ether oxygens (including phenoxy) is 3. The fraction of sp³-hybridized carbons (Fsp3) is 0.417. The van der Waals surface area contributed by atoms with E-state index in [1.165, 1.54) is 28.1 Å².